The number of nitrogens with two attached hydrogens (primary N) is 1. The Morgan fingerprint density at radius 3 is 2.43 bits per heavy atom. The van der Waals surface area contributed by atoms with Crippen molar-refractivity contribution < 1.29 is 14.3 Å². The Bertz CT molecular complexity index is 441. The average Bonchev–Trinajstić information content (AvgIpc) is 2.42. The van der Waals surface area contributed by atoms with Gasteiger partial charge in [-0.2, -0.15) is 0 Å². The third-order valence-electron chi connectivity index (χ3n) is 2.70. The molecule has 0 aliphatic heterocycles. The van der Waals surface area contributed by atoms with Gasteiger partial charge in [-0.05, 0) is 39.3 Å². The lowest BCUT2D eigenvalue weighted by atomic mass is 10.1. The van der Waals surface area contributed by atoms with Crippen LogP contribution >= 0.6 is 0 Å². The van der Waals surface area contributed by atoms with Gasteiger partial charge in [-0.25, -0.2) is 0 Å². The van der Waals surface area contributed by atoms with E-state index in [2.05, 4.69) is 5.32 Å². The van der Waals surface area contributed by atoms with Gasteiger partial charge in [-0.15, -0.1) is 0 Å². The second-order valence-corrected chi connectivity index (χ2v) is 5.60. The number of nitrogens with one attached hydrogen (secondary N) is 1. The van der Waals surface area contributed by atoms with Crippen molar-refractivity contribution in [3.8, 4) is 11.5 Å². The van der Waals surface area contributed by atoms with Crippen LogP contribution in [0.1, 0.15) is 33.6 Å². The van der Waals surface area contributed by atoms with Gasteiger partial charge in [0.1, 0.15) is 0 Å². The summed E-state index contributed by atoms with van der Waals surface area (Å²) in [5.41, 5.74) is 5.42. The summed E-state index contributed by atoms with van der Waals surface area (Å²) in [6.45, 7) is 7.23. The predicted octanol–water partition coefficient (Wildman–Crippen LogP) is 2.10. The Hall–Kier alpha value is -1.75. The molecule has 1 aromatic carbocycles. The SMILES string of the molecule is CCOc1ccccc1OCCCC(=O)NCC(C)(C)N. The molecule has 3 N–H and O–H groups in total. The molecule has 0 spiro atoms. The van der Waals surface area contributed by atoms with Crippen LogP contribution in [-0.4, -0.2) is 31.2 Å². The van der Waals surface area contributed by atoms with Gasteiger partial charge in [0.15, 0.2) is 11.5 Å². The van der Waals surface area contributed by atoms with Gasteiger partial charge in [0, 0.05) is 18.5 Å². The van der Waals surface area contributed by atoms with Gasteiger partial charge in [-0.1, -0.05) is 12.1 Å². The molecule has 0 unspecified atom stereocenters. The number of hydrogen-bond donors (Lipinski definition) is 2. The smallest absolute Gasteiger partial charge is 0.220 e. The first kappa shape index (κ1) is 17.3. The number of benzene rings is 1. The highest BCUT2D eigenvalue weighted by molar-refractivity contribution is 5.75. The topological polar surface area (TPSA) is 73.6 Å². The van der Waals surface area contributed by atoms with Gasteiger partial charge in [0.2, 0.25) is 5.91 Å². The van der Waals surface area contributed by atoms with Crippen molar-refractivity contribution in [2.45, 2.75) is 39.2 Å². The molecule has 5 heteroatoms. The summed E-state index contributed by atoms with van der Waals surface area (Å²) in [6.07, 6.45) is 1.07. The zero-order chi connectivity index (χ0) is 15.7. The first-order valence-electron chi connectivity index (χ1n) is 7.32. The molecule has 5 nitrogen and oxygen atoms in total. The van der Waals surface area contributed by atoms with E-state index in [1.54, 1.807) is 0 Å². The number of rotatable bonds is 9. The van der Waals surface area contributed by atoms with Crippen LogP contribution in [0.2, 0.25) is 0 Å². The monoisotopic (exact) mass is 294 g/mol. The molecular formula is C16H26N2O3. The van der Waals surface area contributed by atoms with Crippen LogP contribution in [0, 0.1) is 0 Å². The third kappa shape index (κ3) is 7.56. The minimum Gasteiger partial charge on any atom is -0.490 e. The number of carbonyl (C=O) groups is 1. The summed E-state index contributed by atoms with van der Waals surface area (Å²) in [4.78, 5) is 11.6. The minimum atomic E-state index is -0.386. The molecule has 1 aromatic rings. The fourth-order valence-corrected chi connectivity index (χ4v) is 1.67. The molecular weight excluding hydrogens is 268 g/mol. The number of amides is 1. The molecule has 0 saturated carbocycles. The van der Waals surface area contributed by atoms with E-state index in [1.165, 1.54) is 0 Å². The van der Waals surface area contributed by atoms with E-state index in [-0.39, 0.29) is 11.4 Å². The van der Waals surface area contributed by atoms with Crippen LogP contribution in [0.5, 0.6) is 11.5 Å². The average molecular weight is 294 g/mol. The van der Waals surface area contributed by atoms with Gasteiger partial charge >= 0.3 is 0 Å². The second kappa shape index (κ2) is 8.52. The largest absolute Gasteiger partial charge is 0.490 e. The summed E-state index contributed by atoms with van der Waals surface area (Å²) in [7, 11) is 0. The summed E-state index contributed by atoms with van der Waals surface area (Å²) < 4.78 is 11.1. The van der Waals surface area contributed by atoms with Crippen molar-refractivity contribution in [2.24, 2.45) is 5.73 Å². The summed E-state index contributed by atoms with van der Waals surface area (Å²) in [5.74, 6) is 1.44. The number of carbonyl (C=O) groups excluding carboxylic acids is 1. The summed E-state index contributed by atoms with van der Waals surface area (Å²) in [6, 6.07) is 7.53. The lowest BCUT2D eigenvalue weighted by molar-refractivity contribution is -0.121. The first-order chi connectivity index (χ1) is 9.92. The Labute approximate surface area is 126 Å². The molecule has 1 rings (SSSR count). The van der Waals surface area contributed by atoms with Crippen LogP contribution < -0.4 is 20.5 Å². The molecule has 0 heterocycles. The van der Waals surface area contributed by atoms with Crippen molar-refractivity contribution in [3.63, 3.8) is 0 Å². The Morgan fingerprint density at radius 2 is 1.86 bits per heavy atom. The van der Waals surface area contributed by atoms with Crippen molar-refractivity contribution in [2.75, 3.05) is 19.8 Å². The minimum absolute atomic E-state index is 0.00443. The highest BCUT2D eigenvalue weighted by Gasteiger charge is 2.12. The van der Waals surface area contributed by atoms with Crippen molar-refractivity contribution in [1.82, 2.24) is 5.32 Å². The maximum atomic E-state index is 11.6. The second-order valence-electron chi connectivity index (χ2n) is 5.60. The van der Waals surface area contributed by atoms with Crippen LogP contribution in [0.3, 0.4) is 0 Å². The first-order valence-corrected chi connectivity index (χ1v) is 7.32. The van der Waals surface area contributed by atoms with Crippen LogP contribution in [0.4, 0.5) is 0 Å². The predicted molar refractivity (Wildman–Crippen MR) is 83.6 cm³/mol. The van der Waals surface area contributed by atoms with E-state index in [9.17, 15) is 4.79 Å². The molecule has 118 valence electrons. The van der Waals surface area contributed by atoms with Gasteiger partial charge in [-0.3, -0.25) is 4.79 Å². The molecule has 0 aliphatic carbocycles. The van der Waals surface area contributed by atoms with Crippen LogP contribution in [-0.2, 0) is 4.79 Å². The molecule has 0 atom stereocenters. The third-order valence-corrected chi connectivity index (χ3v) is 2.70. The van der Waals surface area contributed by atoms with E-state index in [4.69, 9.17) is 15.2 Å². The fraction of sp³-hybridized carbons (Fsp3) is 0.562. The van der Waals surface area contributed by atoms with Gasteiger partial charge in [0.25, 0.3) is 0 Å². The number of ether oxygens (including phenoxy) is 2. The molecule has 0 aliphatic rings. The Kier molecular flexibility index (Phi) is 7.02. The lowest BCUT2D eigenvalue weighted by Crippen LogP contribution is -2.45. The highest BCUT2D eigenvalue weighted by Crippen LogP contribution is 2.26. The van der Waals surface area contributed by atoms with Crippen molar-refractivity contribution >= 4 is 5.91 Å². The fourth-order valence-electron chi connectivity index (χ4n) is 1.67. The molecule has 0 radical (unpaired) electrons. The lowest BCUT2D eigenvalue weighted by Gasteiger charge is -2.18. The molecule has 0 saturated heterocycles. The molecule has 0 fully saturated rings. The standard InChI is InChI=1S/C16H26N2O3/c1-4-20-13-8-5-6-9-14(13)21-11-7-10-15(19)18-12-16(2,3)17/h5-6,8-9H,4,7,10-12,17H2,1-3H3,(H,18,19). The van der Waals surface area contributed by atoms with Crippen molar-refractivity contribution in [3.05, 3.63) is 24.3 Å². The summed E-state index contributed by atoms with van der Waals surface area (Å²) in [5, 5.41) is 2.81. The number of para-hydroxylation sites is 2. The molecule has 0 aromatic heterocycles. The van der Waals surface area contributed by atoms with E-state index >= 15 is 0 Å². The van der Waals surface area contributed by atoms with E-state index < -0.39 is 0 Å². The molecule has 1 amide bonds. The van der Waals surface area contributed by atoms with E-state index in [0.29, 0.717) is 38.3 Å². The van der Waals surface area contributed by atoms with E-state index in [1.807, 2.05) is 45.0 Å². The zero-order valence-electron chi connectivity index (χ0n) is 13.1. The van der Waals surface area contributed by atoms with Gasteiger partial charge in [0.05, 0.1) is 13.2 Å². The molecule has 0 bridgehead atoms. The Balaban J connectivity index is 2.26. The maximum Gasteiger partial charge on any atom is 0.220 e. The normalized spacial score (nSPS) is 11.0. The maximum absolute atomic E-state index is 11.6. The van der Waals surface area contributed by atoms with Crippen LogP contribution in [0.15, 0.2) is 24.3 Å². The zero-order valence-corrected chi connectivity index (χ0v) is 13.1. The molecule has 21 heavy (non-hydrogen) atoms. The Morgan fingerprint density at radius 1 is 1.24 bits per heavy atom. The van der Waals surface area contributed by atoms with Crippen molar-refractivity contribution in [1.29, 1.82) is 0 Å². The van der Waals surface area contributed by atoms with E-state index in [0.717, 1.165) is 5.75 Å². The quantitative estimate of drug-likeness (QED) is 0.684. The van der Waals surface area contributed by atoms with Crippen LogP contribution in [0.25, 0.3) is 0 Å². The summed E-state index contributed by atoms with van der Waals surface area (Å²) >= 11 is 0. The van der Waals surface area contributed by atoms with Gasteiger partial charge < -0.3 is 20.5 Å². The highest BCUT2D eigenvalue weighted by atomic mass is 16.5. The number of hydrogen-bond acceptors (Lipinski definition) is 4.